The van der Waals surface area contributed by atoms with Gasteiger partial charge in [0.05, 0.1) is 7.11 Å². The van der Waals surface area contributed by atoms with Crippen molar-refractivity contribution < 1.29 is 14.6 Å². The molecule has 1 aromatic carbocycles. The zero-order chi connectivity index (χ0) is 12.7. The van der Waals surface area contributed by atoms with E-state index in [4.69, 9.17) is 9.84 Å². The Morgan fingerprint density at radius 2 is 2.00 bits per heavy atom. The molecule has 0 unspecified atom stereocenters. The predicted octanol–water partition coefficient (Wildman–Crippen LogP) is 3.09. The average Bonchev–Trinajstić information content (AvgIpc) is 2.35. The number of hydrogen-bond donors (Lipinski definition) is 1. The number of methoxy groups -OCH3 is 1. The molecule has 0 aromatic heterocycles. The van der Waals surface area contributed by atoms with Crippen LogP contribution in [0.4, 0.5) is 0 Å². The van der Waals surface area contributed by atoms with Crippen LogP contribution in [0.25, 0.3) is 6.08 Å². The minimum Gasteiger partial charge on any atom is -0.490 e. The molecule has 0 saturated heterocycles. The molecular weight excluding hydrogens is 216 g/mol. The van der Waals surface area contributed by atoms with Gasteiger partial charge in [0.25, 0.3) is 0 Å². The molecule has 0 aliphatic rings. The van der Waals surface area contributed by atoms with Crippen molar-refractivity contribution in [2.75, 3.05) is 7.11 Å². The number of carboxylic acid groups (broad SMARTS) is 1. The standard InChI is InChI=1S/C14H16O3/c1-3-11(10-13(17-2)14(15)16)9-12-7-5-4-6-8-12/h4-10H,3H2,1-2H3,(H,15,16)/b11-9+,13-10+. The number of benzene rings is 1. The van der Waals surface area contributed by atoms with E-state index in [1.165, 1.54) is 7.11 Å². The first-order chi connectivity index (χ1) is 8.17. The SMILES string of the molecule is CCC(=C\c1ccccc1)/C=C(/OC)C(=O)O. The molecule has 0 heterocycles. The molecule has 3 heteroatoms. The molecule has 0 spiro atoms. The summed E-state index contributed by atoms with van der Waals surface area (Å²) in [6, 6.07) is 9.76. The van der Waals surface area contributed by atoms with Crippen LogP contribution in [0, 0.1) is 0 Å². The normalized spacial score (nSPS) is 12.4. The van der Waals surface area contributed by atoms with Crippen LogP contribution >= 0.6 is 0 Å². The molecule has 1 aromatic rings. The van der Waals surface area contributed by atoms with E-state index in [-0.39, 0.29) is 5.76 Å². The van der Waals surface area contributed by atoms with Gasteiger partial charge < -0.3 is 9.84 Å². The maximum Gasteiger partial charge on any atom is 0.371 e. The summed E-state index contributed by atoms with van der Waals surface area (Å²) in [6.07, 6.45) is 4.24. The second-order valence-corrected chi connectivity index (χ2v) is 3.50. The van der Waals surface area contributed by atoms with E-state index < -0.39 is 5.97 Å². The molecule has 0 bridgehead atoms. The van der Waals surface area contributed by atoms with Gasteiger partial charge in [0, 0.05) is 0 Å². The van der Waals surface area contributed by atoms with E-state index in [0.717, 1.165) is 17.6 Å². The van der Waals surface area contributed by atoms with Crippen LogP contribution in [0.5, 0.6) is 0 Å². The van der Waals surface area contributed by atoms with Gasteiger partial charge in [-0.25, -0.2) is 4.79 Å². The van der Waals surface area contributed by atoms with Gasteiger partial charge in [-0.15, -0.1) is 0 Å². The fraction of sp³-hybridized carbons (Fsp3) is 0.214. The predicted molar refractivity (Wildman–Crippen MR) is 67.4 cm³/mol. The van der Waals surface area contributed by atoms with Crippen molar-refractivity contribution in [3.05, 3.63) is 53.3 Å². The number of hydrogen-bond acceptors (Lipinski definition) is 2. The van der Waals surface area contributed by atoms with Crippen LogP contribution in [-0.4, -0.2) is 18.2 Å². The number of allylic oxidation sites excluding steroid dienone is 2. The van der Waals surface area contributed by atoms with Gasteiger partial charge in [-0.05, 0) is 23.6 Å². The van der Waals surface area contributed by atoms with Gasteiger partial charge >= 0.3 is 5.97 Å². The Labute approximate surface area is 101 Å². The van der Waals surface area contributed by atoms with Crippen molar-refractivity contribution in [2.45, 2.75) is 13.3 Å². The fourth-order valence-corrected chi connectivity index (χ4v) is 1.39. The zero-order valence-corrected chi connectivity index (χ0v) is 10.0. The maximum atomic E-state index is 10.8. The minimum atomic E-state index is -1.06. The summed E-state index contributed by atoms with van der Waals surface area (Å²) in [5, 5.41) is 8.86. The first-order valence-corrected chi connectivity index (χ1v) is 5.42. The Hall–Kier alpha value is -2.03. The Bertz CT molecular complexity index is 430. The molecule has 0 atom stereocenters. The molecule has 0 radical (unpaired) electrons. The lowest BCUT2D eigenvalue weighted by molar-refractivity contribution is -0.136. The summed E-state index contributed by atoms with van der Waals surface area (Å²) in [5.41, 5.74) is 1.96. The van der Waals surface area contributed by atoms with Gasteiger partial charge in [0.1, 0.15) is 0 Å². The molecule has 1 N–H and O–H groups in total. The summed E-state index contributed by atoms with van der Waals surface area (Å²) in [6.45, 7) is 1.97. The molecule has 0 amide bonds. The lowest BCUT2D eigenvalue weighted by Crippen LogP contribution is -2.02. The van der Waals surface area contributed by atoms with Crippen LogP contribution < -0.4 is 0 Å². The molecule has 0 saturated carbocycles. The van der Waals surface area contributed by atoms with E-state index in [9.17, 15) is 4.79 Å². The molecule has 0 aliphatic carbocycles. The van der Waals surface area contributed by atoms with Gasteiger partial charge in [0.15, 0.2) is 0 Å². The van der Waals surface area contributed by atoms with Gasteiger partial charge in [-0.3, -0.25) is 0 Å². The van der Waals surface area contributed by atoms with Gasteiger partial charge in [0.2, 0.25) is 5.76 Å². The van der Waals surface area contributed by atoms with Crippen molar-refractivity contribution in [1.29, 1.82) is 0 Å². The van der Waals surface area contributed by atoms with Crippen LogP contribution in [0.1, 0.15) is 18.9 Å². The number of carboxylic acids is 1. The number of ether oxygens (including phenoxy) is 1. The molecule has 0 aliphatic heterocycles. The Kier molecular flexibility index (Phi) is 5.01. The van der Waals surface area contributed by atoms with Gasteiger partial charge in [-0.1, -0.05) is 43.3 Å². The van der Waals surface area contributed by atoms with E-state index in [2.05, 4.69) is 0 Å². The second kappa shape index (κ2) is 6.53. The fourth-order valence-electron chi connectivity index (χ4n) is 1.39. The third-order valence-corrected chi connectivity index (χ3v) is 2.31. The molecule has 3 nitrogen and oxygen atoms in total. The topological polar surface area (TPSA) is 46.5 Å². The molecule has 17 heavy (non-hydrogen) atoms. The first-order valence-electron chi connectivity index (χ1n) is 5.42. The summed E-state index contributed by atoms with van der Waals surface area (Å²) in [5.74, 6) is -1.10. The van der Waals surface area contributed by atoms with Crippen LogP contribution in [0.2, 0.25) is 0 Å². The van der Waals surface area contributed by atoms with Crippen molar-refractivity contribution in [2.24, 2.45) is 0 Å². The summed E-state index contributed by atoms with van der Waals surface area (Å²) in [7, 11) is 1.36. The molecule has 1 rings (SSSR count). The highest BCUT2D eigenvalue weighted by Crippen LogP contribution is 2.13. The monoisotopic (exact) mass is 232 g/mol. The van der Waals surface area contributed by atoms with E-state index in [1.54, 1.807) is 6.08 Å². The highest BCUT2D eigenvalue weighted by Gasteiger charge is 2.06. The Morgan fingerprint density at radius 3 is 2.47 bits per heavy atom. The summed E-state index contributed by atoms with van der Waals surface area (Å²) >= 11 is 0. The quantitative estimate of drug-likeness (QED) is 0.482. The highest BCUT2D eigenvalue weighted by molar-refractivity contribution is 5.85. The largest absolute Gasteiger partial charge is 0.490 e. The Balaban J connectivity index is 3.00. The smallest absolute Gasteiger partial charge is 0.371 e. The second-order valence-electron chi connectivity index (χ2n) is 3.50. The van der Waals surface area contributed by atoms with E-state index >= 15 is 0 Å². The maximum absolute atomic E-state index is 10.8. The van der Waals surface area contributed by atoms with Crippen molar-refractivity contribution in [3.8, 4) is 0 Å². The molecule has 90 valence electrons. The number of rotatable bonds is 5. The van der Waals surface area contributed by atoms with Crippen molar-refractivity contribution in [3.63, 3.8) is 0 Å². The van der Waals surface area contributed by atoms with Crippen LogP contribution in [0.3, 0.4) is 0 Å². The lowest BCUT2D eigenvalue weighted by Gasteiger charge is -2.03. The number of carbonyl (C=O) groups is 1. The summed E-state index contributed by atoms with van der Waals surface area (Å²) in [4.78, 5) is 10.8. The number of aliphatic carboxylic acids is 1. The zero-order valence-electron chi connectivity index (χ0n) is 10.0. The van der Waals surface area contributed by atoms with E-state index in [0.29, 0.717) is 0 Å². The van der Waals surface area contributed by atoms with Crippen LogP contribution in [0.15, 0.2) is 47.7 Å². The average molecular weight is 232 g/mol. The lowest BCUT2D eigenvalue weighted by atomic mass is 10.1. The molecule has 0 fully saturated rings. The highest BCUT2D eigenvalue weighted by atomic mass is 16.5. The van der Waals surface area contributed by atoms with E-state index in [1.807, 2.05) is 43.3 Å². The third-order valence-electron chi connectivity index (χ3n) is 2.31. The molecular formula is C14H16O3. The first kappa shape index (κ1) is 13.0. The third kappa shape index (κ3) is 4.15. The Morgan fingerprint density at radius 1 is 1.35 bits per heavy atom. The van der Waals surface area contributed by atoms with Crippen LogP contribution in [-0.2, 0) is 9.53 Å². The van der Waals surface area contributed by atoms with Crippen molar-refractivity contribution in [1.82, 2.24) is 0 Å². The summed E-state index contributed by atoms with van der Waals surface area (Å²) < 4.78 is 4.80. The van der Waals surface area contributed by atoms with Gasteiger partial charge in [-0.2, -0.15) is 0 Å². The van der Waals surface area contributed by atoms with Crippen molar-refractivity contribution >= 4 is 12.0 Å². The minimum absolute atomic E-state index is 0.0472.